The van der Waals surface area contributed by atoms with Gasteiger partial charge < -0.3 is 29.0 Å². The third-order valence-electron chi connectivity index (χ3n) is 6.93. The second-order valence-corrected chi connectivity index (χ2v) is 10.6. The predicted molar refractivity (Wildman–Crippen MR) is 148 cm³/mol. The topological polar surface area (TPSA) is 144 Å². The molecule has 0 spiro atoms. The summed E-state index contributed by atoms with van der Waals surface area (Å²) < 4.78 is 30.7. The number of nitrogens with zero attached hydrogens (tertiary/aromatic N) is 2. The summed E-state index contributed by atoms with van der Waals surface area (Å²) in [6, 6.07) is 16.8. The summed E-state index contributed by atoms with van der Waals surface area (Å²) in [6.07, 6.45) is -1.29. The van der Waals surface area contributed by atoms with Crippen molar-refractivity contribution in [2.45, 2.75) is 57.5 Å². The molecule has 12 nitrogen and oxygen atoms in total. The zero-order valence-corrected chi connectivity index (χ0v) is 23.6. The molecule has 5 rings (SSSR count). The SMILES string of the molecule is CC(=O)OC[C@@]1(n2ccc(NC(=O)c3ccccc3)nc2=O)O[C@H](COC(=O)c2ccc(C)cc2)[C@H]2OC(C)(C)O[C@H]21. The fourth-order valence-electron chi connectivity index (χ4n) is 4.99. The molecular weight excluding hydrogens is 546 g/mol. The van der Waals surface area contributed by atoms with E-state index in [0.29, 0.717) is 11.1 Å². The third kappa shape index (κ3) is 5.96. The Kier molecular flexibility index (Phi) is 7.95. The molecule has 12 heteroatoms. The first kappa shape index (κ1) is 29.1. The van der Waals surface area contributed by atoms with Crippen molar-refractivity contribution in [2.75, 3.05) is 18.5 Å². The number of amides is 1. The molecule has 1 aromatic heterocycles. The van der Waals surface area contributed by atoms with E-state index in [-0.39, 0.29) is 12.4 Å². The lowest BCUT2D eigenvalue weighted by Gasteiger charge is -2.35. The molecule has 0 radical (unpaired) electrons. The molecule has 1 amide bonds. The molecule has 0 bridgehead atoms. The van der Waals surface area contributed by atoms with Crippen molar-refractivity contribution in [1.29, 1.82) is 0 Å². The summed E-state index contributed by atoms with van der Waals surface area (Å²) in [5.41, 5.74) is -0.793. The Morgan fingerprint density at radius 1 is 0.952 bits per heavy atom. The van der Waals surface area contributed by atoms with E-state index in [1.165, 1.54) is 19.2 Å². The molecule has 2 aliphatic rings. The number of carbonyl (C=O) groups is 3. The molecule has 2 saturated heterocycles. The Morgan fingerprint density at radius 3 is 2.33 bits per heavy atom. The van der Waals surface area contributed by atoms with Gasteiger partial charge in [-0.2, -0.15) is 4.98 Å². The number of aromatic nitrogens is 2. The first-order chi connectivity index (χ1) is 20.0. The van der Waals surface area contributed by atoms with E-state index in [0.717, 1.165) is 10.1 Å². The van der Waals surface area contributed by atoms with E-state index >= 15 is 0 Å². The molecule has 4 atom stereocenters. The number of fused-ring (bicyclic) bond motifs is 1. The standard InChI is InChI=1S/C30H31N3O9/c1-18-10-12-21(13-11-18)27(36)38-16-22-24-25(42-29(3,4)41-24)30(40-22,17-39-19(2)34)33-15-14-23(32-28(33)37)31-26(35)20-8-6-5-7-9-20/h5-15,22,24-25H,16-17H2,1-4H3,(H,31,32,35,37)/t22-,24-,25-,30-/m1/s1. The maximum atomic E-state index is 13.4. The molecule has 0 unspecified atom stereocenters. The monoisotopic (exact) mass is 577 g/mol. The van der Waals surface area contributed by atoms with E-state index in [1.54, 1.807) is 68.4 Å². The summed E-state index contributed by atoms with van der Waals surface area (Å²) >= 11 is 0. The molecule has 2 aromatic carbocycles. The molecule has 3 aromatic rings. The number of rotatable bonds is 8. The van der Waals surface area contributed by atoms with Crippen LogP contribution in [-0.4, -0.2) is 64.7 Å². The number of aryl methyl sites for hydroxylation is 1. The number of hydrogen-bond acceptors (Lipinski definition) is 10. The van der Waals surface area contributed by atoms with Crippen LogP contribution >= 0.6 is 0 Å². The normalized spacial score (nSPS) is 24.0. The number of ether oxygens (including phenoxy) is 5. The zero-order chi connectivity index (χ0) is 30.1. The summed E-state index contributed by atoms with van der Waals surface area (Å²) in [6.45, 7) is 5.86. The van der Waals surface area contributed by atoms with E-state index in [1.807, 2.05) is 6.92 Å². The van der Waals surface area contributed by atoms with Gasteiger partial charge in [-0.25, -0.2) is 9.59 Å². The van der Waals surface area contributed by atoms with Gasteiger partial charge in [-0.05, 0) is 51.1 Å². The molecule has 3 heterocycles. The minimum Gasteiger partial charge on any atom is -0.461 e. The molecule has 2 aliphatic heterocycles. The van der Waals surface area contributed by atoms with Crippen molar-refractivity contribution < 1.29 is 38.1 Å². The summed E-state index contributed by atoms with van der Waals surface area (Å²) in [4.78, 5) is 54.7. The van der Waals surface area contributed by atoms with Gasteiger partial charge in [-0.3, -0.25) is 14.2 Å². The third-order valence-corrected chi connectivity index (χ3v) is 6.93. The van der Waals surface area contributed by atoms with Crippen molar-refractivity contribution in [3.8, 4) is 0 Å². The second kappa shape index (κ2) is 11.5. The predicted octanol–water partition coefficient (Wildman–Crippen LogP) is 2.80. The Bertz CT molecular complexity index is 1540. The second-order valence-electron chi connectivity index (χ2n) is 10.6. The van der Waals surface area contributed by atoms with Gasteiger partial charge in [0.25, 0.3) is 5.91 Å². The quantitative estimate of drug-likeness (QED) is 0.397. The van der Waals surface area contributed by atoms with Crippen LogP contribution in [0, 0.1) is 6.92 Å². The van der Waals surface area contributed by atoms with Crippen molar-refractivity contribution >= 4 is 23.7 Å². The first-order valence-corrected chi connectivity index (χ1v) is 13.3. The average Bonchev–Trinajstić information content (AvgIpc) is 3.43. The Hall–Kier alpha value is -4.39. The fourth-order valence-corrected chi connectivity index (χ4v) is 4.99. The van der Waals surface area contributed by atoms with Gasteiger partial charge >= 0.3 is 17.6 Å². The highest BCUT2D eigenvalue weighted by atomic mass is 16.8. The van der Waals surface area contributed by atoms with Crippen molar-refractivity contribution in [3.05, 3.63) is 94.0 Å². The zero-order valence-electron chi connectivity index (χ0n) is 23.6. The number of benzene rings is 2. The Morgan fingerprint density at radius 2 is 1.67 bits per heavy atom. The first-order valence-electron chi connectivity index (χ1n) is 13.3. The van der Waals surface area contributed by atoms with Crippen LogP contribution in [0.25, 0.3) is 0 Å². The number of hydrogen-bond donors (Lipinski definition) is 1. The van der Waals surface area contributed by atoms with Gasteiger partial charge in [0.05, 0.1) is 5.56 Å². The van der Waals surface area contributed by atoms with Crippen LogP contribution < -0.4 is 11.0 Å². The van der Waals surface area contributed by atoms with E-state index in [9.17, 15) is 19.2 Å². The molecule has 0 saturated carbocycles. The molecule has 1 N–H and O–H groups in total. The van der Waals surface area contributed by atoms with Crippen LogP contribution in [0.15, 0.2) is 71.7 Å². The van der Waals surface area contributed by atoms with E-state index in [4.69, 9.17) is 23.7 Å². The van der Waals surface area contributed by atoms with Gasteiger partial charge in [0.15, 0.2) is 5.79 Å². The lowest BCUT2D eigenvalue weighted by Crippen LogP contribution is -2.54. The van der Waals surface area contributed by atoms with Crippen molar-refractivity contribution in [3.63, 3.8) is 0 Å². The van der Waals surface area contributed by atoms with E-state index < -0.39 is 60.0 Å². The smallest absolute Gasteiger partial charge is 0.352 e. The van der Waals surface area contributed by atoms with Gasteiger partial charge in [0, 0.05) is 18.7 Å². The van der Waals surface area contributed by atoms with Crippen LogP contribution in [0.3, 0.4) is 0 Å². The maximum Gasteiger partial charge on any atom is 0.352 e. The maximum absolute atomic E-state index is 13.4. The van der Waals surface area contributed by atoms with Crippen LogP contribution in [0.1, 0.15) is 47.1 Å². The number of esters is 2. The van der Waals surface area contributed by atoms with Crippen molar-refractivity contribution in [2.24, 2.45) is 0 Å². The lowest BCUT2D eigenvalue weighted by atomic mass is 10.0. The van der Waals surface area contributed by atoms with Crippen LogP contribution in [-0.2, 0) is 34.2 Å². The highest BCUT2D eigenvalue weighted by Crippen LogP contribution is 2.46. The number of nitrogens with one attached hydrogen (secondary N) is 1. The van der Waals surface area contributed by atoms with Gasteiger partial charge in [0.2, 0.25) is 5.72 Å². The van der Waals surface area contributed by atoms with E-state index in [2.05, 4.69) is 10.3 Å². The molecule has 2 fully saturated rings. The van der Waals surface area contributed by atoms with Gasteiger partial charge in [-0.1, -0.05) is 35.9 Å². The van der Waals surface area contributed by atoms with Crippen LogP contribution in [0.4, 0.5) is 5.82 Å². The molecule has 42 heavy (non-hydrogen) atoms. The number of carbonyl (C=O) groups excluding carboxylic acids is 3. The fraction of sp³-hybridized carbons (Fsp3) is 0.367. The largest absolute Gasteiger partial charge is 0.461 e. The molecular formula is C30H31N3O9. The lowest BCUT2D eigenvalue weighted by molar-refractivity contribution is -0.247. The molecule has 0 aliphatic carbocycles. The minimum absolute atomic E-state index is 0.00906. The Labute approximate surface area is 241 Å². The minimum atomic E-state index is -1.73. The van der Waals surface area contributed by atoms with Gasteiger partial charge in [-0.15, -0.1) is 0 Å². The van der Waals surface area contributed by atoms with Crippen molar-refractivity contribution in [1.82, 2.24) is 9.55 Å². The van der Waals surface area contributed by atoms with Gasteiger partial charge in [0.1, 0.15) is 37.3 Å². The van der Waals surface area contributed by atoms with Crippen LogP contribution in [0.5, 0.6) is 0 Å². The summed E-state index contributed by atoms with van der Waals surface area (Å²) in [5, 5.41) is 2.60. The summed E-state index contributed by atoms with van der Waals surface area (Å²) in [5.74, 6) is -2.72. The number of anilines is 1. The van der Waals surface area contributed by atoms with Crippen LogP contribution in [0.2, 0.25) is 0 Å². The summed E-state index contributed by atoms with van der Waals surface area (Å²) in [7, 11) is 0. The Balaban J connectivity index is 1.44. The molecule has 220 valence electrons. The highest BCUT2D eigenvalue weighted by molar-refractivity contribution is 6.03. The average molecular weight is 578 g/mol. The highest BCUT2D eigenvalue weighted by Gasteiger charge is 2.65.